The van der Waals surface area contributed by atoms with Crippen LogP contribution in [0, 0.1) is 0 Å². The summed E-state index contributed by atoms with van der Waals surface area (Å²) in [6.45, 7) is -0.235. The number of fused-ring (bicyclic) bond motifs is 1. The minimum atomic E-state index is -0.724. The maximum Gasteiger partial charge on any atom is 0.168 e. The van der Waals surface area contributed by atoms with Gasteiger partial charge in [0.25, 0.3) is 0 Å². The standard InChI is InChI=1S/C14H15N5O3S/c15-12-11-14(18-13(17-12)7-1-2-23-5-7)19(6-16-11)10-3-8(21)9(4-20)22-10/h1-2,5-6,8-10,20-21H,3-4H2,(H2,15,17,18)/t8-,9+,10+/m0/s1. The van der Waals surface area contributed by atoms with Gasteiger partial charge in [0, 0.05) is 17.4 Å². The van der Waals surface area contributed by atoms with Crippen molar-refractivity contribution in [2.24, 2.45) is 0 Å². The molecule has 0 unspecified atom stereocenters. The van der Waals surface area contributed by atoms with Crippen molar-refractivity contribution in [1.82, 2.24) is 19.5 Å². The topological polar surface area (TPSA) is 119 Å². The summed E-state index contributed by atoms with van der Waals surface area (Å²) in [6, 6.07) is 1.92. The predicted octanol–water partition coefficient (Wildman–Crippen LogP) is 0.778. The number of imidazole rings is 1. The van der Waals surface area contributed by atoms with Crippen molar-refractivity contribution in [2.45, 2.75) is 24.9 Å². The predicted molar refractivity (Wildman–Crippen MR) is 84.7 cm³/mol. The lowest BCUT2D eigenvalue weighted by Gasteiger charge is -2.13. The number of thiophene rings is 1. The highest BCUT2D eigenvalue weighted by Gasteiger charge is 2.35. The lowest BCUT2D eigenvalue weighted by Crippen LogP contribution is -2.24. The highest BCUT2D eigenvalue weighted by molar-refractivity contribution is 7.08. The van der Waals surface area contributed by atoms with Crippen LogP contribution in [0.2, 0.25) is 0 Å². The van der Waals surface area contributed by atoms with E-state index in [-0.39, 0.29) is 6.61 Å². The van der Waals surface area contributed by atoms with E-state index in [1.165, 1.54) is 0 Å². The number of nitrogens with two attached hydrogens (primary N) is 1. The summed E-state index contributed by atoms with van der Waals surface area (Å²) >= 11 is 1.55. The lowest BCUT2D eigenvalue weighted by atomic mass is 10.2. The van der Waals surface area contributed by atoms with E-state index in [9.17, 15) is 10.2 Å². The third-order valence-electron chi connectivity index (χ3n) is 3.92. The lowest BCUT2D eigenvalue weighted by molar-refractivity contribution is -0.0432. The summed E-state index contributed by atoms with van der Waals surface area (Å²) in [5.74, 6) is 0.822. The Bertz CT molecular complexity index is 834. The van der Waals surface area contributed by atoms with E-state index in [0.29, 0.717) is 29.2 Å². The molecule has 1 saturated heterocycles. The molecule has 9 heteroatoms. The van der Waals surface area contributed by atoms with E-state index in [0.717, 1.165) is 5.56 Å². The van der Waals surface area contributed by atoms with Crippen molar-refractivity contribution in [1.29, 1.82) is 0 Å². The fraction of sp³-hybridized carbons (Fsp3) is 0.357. The van der Waals surface area contributed by atoms with Gasteiger partial charge in [-0.1, -0.05) is 0 Å². The van der Waals surface area contributed by atoms with Crippen LogP contribution >= 0.6 is 11.3 Å². The van der Waals surface area contributed by atoms with E-state index < -0.39 is 18.4 Å². The van der Waals surface area contributed by atoms with Crippen molar-refractivity contribution in [3.05, 3.63) is 23.2 Å². The molecule has 0 radical (unpaired) electrons. The van der Waals surface area contributed by atoms with Gasteiger partial charge in [0.15, 0.2) is 17.3 Å². The Labute approximate surface area is 135 Å². The van der Waals surface area contributed by atoms with Gasteiger partial charge < -0.3 is 20.7 Å². The number of hydrogen-bond acceptors (Lipinski definition) is 8. The smallest absolute Gasteiger partial charge is 0.168 e. The van der Waals surface area contributed by atoms with Crippen LogP contribution in [-0.4, -0.2) is 48.5 Å². The number of nitrogens with zero attached hydrogens (tertiary/aromatic N) is 4. The first-order valence-electron chi connectivity index (χ1n) is 7.14. The average Bonchev–Trinajstić information content (AvgIpc) is 3.25. The van der Waals surface area contributed by atoms with Gasteiger partial charge >= 0.3 is 0 Å². The zero-order valence-electron chi connectivity index (χ0n) is 12.0. The minimum absolute atomic E-state index is 0.235. The van der Waals surface area contributed by atoms with Crippen molar-refractivity contribution >= 4 is 28.3 Å². The van der Waals surface area contributed by atoms with Crippen LogP contribution in [-0.2, 0) is 4.74 Å². The van der Waals surface area contributed by atoms with Crippen LogP contribution in [0.1, 0.15) is 12.6 Å². The summed E-state index contributed by atoms with van der Waals surface area (Å²) in [6.07, 6.45) is 0.154. The first-order chi connectivity index (χ1) is 11.2. The summed E-state index contributed by atoms with van der Waals surface area (Å²) in [5.41, 5.74) is 7.93. The molecule has 4 rings (SSSR count). The zero-order chi connectivity index (χ0) is 16.0. The SMILES string of the molecule is Nc1nc(-c2ccsc2)nc2c1ncn2[C@H]1C[C@H](O)[C@@H](CO)O1. The van der Waals surface area contributed by atoms with Crippen molar-refractivity contribution in [3.63, 3.8) is 0 Å². The first kappa shape index (κ1) is 14.5. The number of aliphatic hydroxyl groups excluding tert-OH is 2. The van der Waals surface area contributed by atoms with E-state index >= 15 is 0 Å². The number of nitrogen functional groups attached to an aromatic ring is 1. The van der Waals surface area contributed by atoms with Gasteiger partial charge in [0.05, 0.1) is 19.0 Å². The van der Waals surface area contributed by atoms with Crippen molar-refractivity contribution in [2.75, 3.05) is 12.3 Å². The number of rotatable bonds is 3. The molecule has 1 fully saturated rings. The van der Waals surface area contributed by atoms with Crippen LogP contribution in [0.3, 0.4) is 0 Å². The number of anilines is 1. The van der Waals surface area contributed by atoms with Crippen molar-refractivity contribution in [3.8, 4) is 11.4 Å². The molecule has 0 amide bonds. The van der Waals surface area contributed by atoms with E-state index in [4.69, 9.17) is 10.5 Å². The molecule has 8 nitrogen and oxygen atoms in total. The van der Waals surface area contributed by atoms with E-state index in [1.54, 1.807) is 22.2 Å². The van der Waals surface area contributed by atoms with Crippen LogP contribution in [0.15, 0.2) is 23.2 Å². The van der Waals surface area contributed by atoms with Crippen LogP contribution in [0.4, 0.5) is 5.82 Å². The van der Waals surface area contributed by atoms with Gasteiger partial charge in [-0.05, 0) is 11.4 Å². The Morgan fingerprint density at radius 2 is 2.30 bits per heavy atom. The van der Waals surface area contributed by atoms with Gasteiger partial charge in [-0.2, -0.15) is 11.3 Å². The molecule has 3 aromatic heterocycles. The third kappa shape index (κ3) is 2.38. The van der Waals surface area contributed by atoms with Crippen LogP contribution in [0.25, 0.3) is 22.6 Å². The quantitative estimate of drug-likeness (QED) is 0.648. The summed E-state index contributed by atoms with van der Waals surface area (Å²) in [4.78, 5) is 13.1. The molecule has 0 bridgehead atoms. The summed E-state index contributed by atoms with van der Waals surface area (Å²) < 4.78 is 7.39. The van der Waals surface area contributed by atoms with E-state index in [1.807, 2.05) is 16.8 Å². The van der Waals surface area contributed by atoms with Crippen molar-refractivity contribution < 1.29 is 14.9 Å². The molecule has 1 aliphatic heterocycles. The molecule has 3 atom stereocenters. The fourth-order valence-corrected chi connectivity index (χ4v) is 3.35. The molecule has 4 heterocycles. The monoisotopic (exact) mass is 333 g/mol. The van der Waals surface area contributed by atoms with Gasteiger partial charge in [-0.25, -0.2) is 15.0 Å². The molecule has 0 saturated carbocycles. The molecule has 1 aliphatic rings. The number of aliphatic hydroxyl groups is 2. The molecule has 0 aliphatic carbocycles. The Morgan fingerprint density at radius 3 is 3.00 bits per heavy atom. The molecule has 4 N–H and O–H groups in total. The summed E-state index contributed by atoms with van der Waals surface area (Å²) in [5, 5.41) is 23.0. The average molecular weight is 333 g/mol. The maximum absolute atomic E-state index is 9.91. The van der Waals surface area contributed by atoms with Crippen LogP contribution < -0.4 is 5.73 Å². The molecule has 120 valence electrons. The van der Waals surface area contributed by atoms with Crippen LogP contribution in [0.5, 0.6) is 0 Å². The highest BCUT2D eigenvalue weighted by Crippen LogP contribution is 2.32. The zero-order valence-corrected chi connectivity index (χ0v) is 12.8. The van der Waals surface area contributed by atoms with E-state index in [2.05, 4.69) is 15.0 Å². The molecule has 0 aromatic carbocycles. The third-order valence-corrected chi connectivity index (χ3v) is 4.61. The molecular weight excluding hydrogens is 318 g/mol. The Kier molecular flexibility index (Phi) is 3.49. The largest absolute Gasteiger partial charge is 0.394 e. The van der Waals surface area contributed by atoms with Gasteiger partial charge in [-0.15, -0.1) is 0 Å². The Hall–Kier alpha value is -2.07. The fourth-order valence-electron chi connectivity index (χ4n) is 2.72. The molecule has 0 spiro atoms. The second-order valence-corrected chi connectivity index (χ2v) is 6.16. The number of ether oxygens (including phenoxy) is 1. The maximum atomic E-state index is 9.91. The second kappa shape index (κ2) is 5.53. The highest BCUT2D eigenvalue weighted by atomic mass is 32.1. The number of hydrogen-bond donors (Lipinski definition) is 3. The minimum Gasteiger partial charge on any atom is -0.394 e. The van der Waals surface area contributed by atoms with Gasteiger partial charge in [0.1, 0.15) is 17.8 Å². The summed E-state index contributed by atoms with van der Waals surface area (Å²) in [7, 11) is 0. The van der Waals surface area contributed by atoms with Gasteiger partial charge in [0.2, 0.25) is 0 Å². The first-order valence-corrected chi connectivity index (χ1v) is 8.08. The second-order valence-electron chi connectivity index (χ2n) is 5.38. The molecule has 3 aromatic rings. The Morgan fingerprint density at radius 1 is 1.43 bits per heavy atom. The Balaban J connectivity index is 1.79. The van der Waals surface area contributed by atoms with Gasteiger partial charge in [-0.3, -0.25) is 4.57 Å². The molecular formula is C14H15N5O3S. The normalized spacial score (nSPS) is 24.5. The molecule has 23 heavy (non-hydrogen) atoms. The number of aromatic nitrogens is 4.